The highest BCUT2D eigenvalue weighted by Crippen LogP contribution is 1.96. The number of nitrogens with one attached hydrogen (secondary N) is 2. The molecule has 0 aromatic heterocycles. The van der Waals surface area contributed by atoms with Gasteiger partial charge in [0.25, 0.3) is 0 Å². The van der Waals surface area contributed by atoms with Gasteiger partial charge in [0, 0.05) is 45.2 Å². The fraction of sp³-hybridized carbons (Fsp3) is 0.900. The Morgan fingerprint density at radius 1 is 1.43 bits per heavy atom. The molecule has 1 amide bonds. The summed E-state index contributed by atoms with van der Waals surface area (Å²) < 4.78 is 0. The van der Waals surface area contributed by atoms with Crippen LogP contribution in [0.25, 0.3) is 0 Å². The first-order valence-electron chi connectivity index (χ1n) is 5.42. The summed E-state index contributed by atoms with van der Waals surface area (Å²) in [6, 6.07) is 0.464. The Kier molecular flexibility index (Phi) is 4.90. The summed E-state index contributed by atoms with van der Waals surface area (Å²) in [5.74, 6) is 0.277. The number of carbonyl (C=O) groups excluding carboxylic acids is 1. The fourth-order valence-corrected chi connectivity index (χ4v) is 1.54. The van der Waals surface area contributed by atoms with Gasteiger partial charge in [-0.1, -0.05) is 13.8 Å². The van der Waals surface area contributed by atoms with E-state index in [1.807, 2.05) is 4.90 Å². The quantitative estimate of drug-likeness (QED) is 0.659. The Morgan fingerprint density at radius 3 is 2.64 bits per heavy atom. The fourth-order valence-electron chi connectivity index (χ4n) is 1.54. The van der Waals surface area contributed by atoms with E-state index in [9.17, 15) is 4.79 Å². The van der Waals surface area contributed by atoms with Gasteiger partial charge in [-0.25, -0.2) is 0 Å². The molecule has 1 rings (SSSR count). The molecular weight excluding hydrogens is 178 g/mol. The maximum Gasteiger partial charge on any atom is 0.223 e. The van der Waals surface area contributed by atoms with Gasteiger partial charge in [0.1, 0.15) is 0 Å². The molecule has 0 unspecified atom stereocenters. The minimum atomic E-state index is 0.277. The molecule has 2 N–H and O–H groups in total. The highest BCUT2D eigenvalue weighted by atomic mass is 16.2. The topological polar surface area (TPSA) is 44.4 Å². The molecule has 0 bridgehead atoms. The van der Waals surface area contributed by atoms with E-state index in [1.54, 1.807) is 0 Å². The molecule has 1 aliphatic rings. The average molecular weight is 199 g/mol. The molecule has 0 spiro atoms. The molecule has 82 valence electrons. The van der Waals surface area contributed by atoms with Crippen LogP contribution < -0.4 is 10.6 Å². The van der Waals surface area contributed by atoms with E-state index in [0.29, 0.717) is 12.5 Å². The van der Waals surface area contributed by atoms with E-state index in [0.717, 1.165) is 32.7 Å². The van der Waals surface area contributed by atoms with Crippen LogP contribution in [-0.2, 0) is 4.79 Å². The lowest BCUT2D eigenvalue weighted by atomic mass is 10.3. The van der Waals surface area contributed by atoms with Crippen LogP contribution >= 0.6 is 0 Å². The maximum absolute atomic E-state index is 11.6. The van der Waals surface area contributed by atoms with Crippen molar-refractivity contribution >= 4 is 5.91 Å². The number of piperazine rings is 1. The summed E-state index contributed by atoms with van der Waals surface area (Å²) in [7, 11) is 0. The number of carbonyl (C=O) groups is 1. The van der Waals surface area contributed by atoms with Gasteiger partial charge in [0.05, 0.1) is 0 Å². The zero-order chi connectivity index (χ0) is 10.4. The van der Waals surface area contributed by atoms with E-state index >= 15 is 0 Å². The Morgan fingerprint density at radius 2 is 2.07 bits per heavy atom. The molecule has 4 heteroatoms. The molecule has 1 heterocycles. The molecule has 14 heavy (non-hydrogen) atoms. The molecule has 0 radical (unpaired) electrons. The largest absolute Gasteiger partial charge is 0.340 e. The SMILES string of the molecule is CC(C)NCCC(=O)N1CCNCC1. The minimum absolute atomic E-state index is 0.277. The van der Waals surface area contributed by atoms with Crippen molar-refractivity contribution < 1.29 is 4.79 Å². The molecule has 0 aliphatic carbocycles. The second kappa shape index (κ2) is 5.98. The third-order valence-electron chi connectivity index (χ3n) is 2.36. The van der Waals surface area contributed by atoms with Crippen LogP contribution in [0.15, 0.2) is 0 Å². The Bertz CT molecular complexity index is 176. The van der Waals surface area contributed by atoms with Gasteiger partial charge >= 0.3 is 0 Å². The standard InChI is InChI=1S/C10H21N3O/c1-9(2)12-4-3-10(14)13-7-5-11-6-8-13/h9,11-12H,3-8H2,1-2H3. The lowest BCUT2D eigenvalue weighted by molar-refractivity contribution is -0.131. The monoisotopic (exact) mass is 199 g/mol. The molecule has 0 saturated carbocycles. The van der Waals surface area contributed by atoms with Crippen LogP contribution in [0.4, 0.5) is 0 Å². The van der Waals surface area contributed by atoms with Crippen LogP contribution in [0.2, 0.25) is 0 Å². The Labute approximate surface area is 86.0 Å². The lowest BCUT2D eigenvalue weighted by Gasteiger charge is -2.27. The van der Waals surface area contributed by atoms with Crippen molar-refractivity contribution in [2.75, 3.05) is 32.7 Å². The minimum Gasteiger partial charge on any atom is -0.340 e. The molecule has 1 saturated heterocycles. The smallest absolute Gasteiger partial charge is 0.223 e. The summed E-state index contributed by atoms with van der Waals surface area (Å²) in [6.45, 7) is 8.57. The molecule has 1 fully saturated rings. The van der Waals surface area contributed by atoms with Gasteiger partial charge in [0.15, 0.2) is 0 Å². The predicted molar refractivity (Wildman–Crippen MR) is 57.2 cm³/mol. The van der Waals surface area contributed by atoms with Gasteiger partial charge in [-0.05, 0) is 0 Å². The van der Waals surface area contributed by atoms with Crippen molar-refractivity contribution in [2.24, 2.45) is 0 Å². The zero-order valence-electron chi connectivity index (χ0n) is 9.18. The van der Waals surface area contributed by atoms with Gasteiger partial charge < -0.3 is 15.5 Å². The maximum atomic E-state index is 11.6. The normalized spacial score (nSPS) is 17.5. The van der Waals surface area contributed by atoms with Gasteiger partial charge in [0.2, 0.25) is 5.91 Å². The Hall–Kier alpha value is -0.610. The third-order valence-corrected chi connectivity index (χ3v) is 2.36. The number of amides is 1. The predicted octanol–water partition coefficient (Wildman–Crippen LogP) is -0.194. The summed E-state index contributed by atoms with van der Waals surface area (Å²) in [4.78, 5) is 13.6. The first-order valence-corrected chi connectivity index (χ1v) is 5.42. The van der Waals surface area contributed by atoms with Crippen molar-refractivity contribution in [2.45, 2.75) is 26.3 Å². The summed E-state index contributed by atoms with van der Waals surface area (Å²) in [6.07, 6.45) is 0.623. The first kappa shape index (κ1) is 11.5. The summed E-state index contributed by atoms with van der Waals surface area (Å²) in [5, 5.41) is 6.49. The Balaban J connectivity index is 2.13. The third kappa shape index (κ3) is 4.07. The molecular formula is C10H21N3O. The highest BCUT2D eigenvalue weighted by Gasteiger charge is 2.15. The summed E-state index contributed by atoms with van der Waals surface area (Å²) >= 11 is 0. The van der Waals surface area contributed by atoms with E-state index in [-0.39, 0.29) is 5.91 Å². The van der Waals surface area contributed by atoms with Crippen LogP contribution in [0, 0.1) is 0 Å². The molecule has 0 aromatic rings. The zero-order valence-corrected chi connectivity index (χ0v) is 9.18. The van der Waals surface area contributed by atoms with Gasteiger partial charge in [-0.3, -0.25) is 4.79 Å². The second-order valence-corrected chi connectivity index (χ2v) is 3.99. The average Bonchev–Trinajstić information content (AvgIpc) is 2.18. The van der Waals surface area contributed by atoms with E-state index in [4.69, 9.17) is 0 Å². The van der Waals surface area contributed by atoms with Crippen molar-refractivity contribution in [3.8, 4) is 0 Å². The van der Waals surface area contributed by atoms with Crippen molar-refractivity contribution in [1.82, 2.24) is 15.5 Å². The van der Waals surface area contributed by atoms with Crippen LogP contribution in [0.3, 0.4) is 0 Å². The molecule has 0 atom stereocenters. The van der Waals surface area contributed by atoms with Gasteiger partial charge in [-0.15, -0.1) is 0 Å². The second-order valence-electron chi connectivity index (χ2n) is 3.99. The van der Waals surface area contributed by atoms with E-state index in [1.165, 1.54) is 0 Å². The van der Waals surface area contributed by atoms with E-state index < -0.39 is 0 Å². The van der Waals surface area contributed by atoms with Crippen LogP contribution in [0.1, 0.15) is 20.3 Å². The number of hydrogen-bond acceptors (Lipinski definition) is 3. The molecule has 1 aliphatic heterocycles. The molecule has 0 aromatic carbocycles. The van der Waals surface area contributed by atoms with Crippen molar-refractivity contribution in [1.29, 1.82) is 0 Å². The summed E-state index contributed by atoms with van der Waals surface area (Å²) in [5.41, 5.74) is 0. The van der Waals surface area contributed by atoms with E-state index in [2.05, 4.69) is 24.5 Å². The number of hydrogen-bond donors (Lipinski definition) is 2. The molecule has 4 nitrogen and oxygen atoms in total. The number of rotatable bonds is 4. The van der Waals surface area contributed by atoms with Crippen molar-refractivity contribution in [3.63, 3.8) is 0 Å². The van der Waals surface area contributed by atoms with Crippen molar-refractivity contribution in [3.05, 3.63) is 0 Å². The van der Waals surface area contributed by atoms with Crippen LogP contribution in [-0.4, -0.2) is 49.6 Å². The first-order chi connectivity index (χ1) is 6.70. The van der Waals surface area contributed by atoms with Gasteiger partial charge in [-0.2, -0.15) is 0 Å². The number of nitrogens with zero attached hydrogens (tertiary/aromatic N) is 1. The highest BCUT2D eigenvalue weighted by molar-refractivity contribution is 5.76. The lowest BCUT2D eigenvalue weighted by Crippen LogP contribution is -2.47. The van der Waals surface area contributed by atoms with Crippen LogP contribution in [0.5, 0.6) is 0 Å².